The first-order chi connectivity index (χ1) is 3.73. The minimum absolute atomic E-state index is 0. The second-order valence-electron chi connectivity index (χ2n) is 0.652. The molecule has 0 radical (unpaired) electrons. The molecule has 72 valence electrons. The van der Waals surface area contributed by atoms with Crippen LogP contribution in [-0.4, -0.2) is 18.5 Å². The molecule has 9 nitrogen and oxygen atoms in total. The van der Waals surface area contributed by atoms with Crippen molar-refractivity contribution in [3.63, 3.8) is 0 Å². The third-order valence-corrected chi connectivity index (χ3v) is 0. The summed E-state index contributed by atoms with van der Waals surface area (Å²) in [6.45, 7) is 0. The molecular formula is H6Mo2O9. The first kappa shape index (κ1) is 22.5. The van der Waals surface area contributed by atoms with Crippen LogP contribution in [0.3, 0.4) is 0 Å². The van der Waals surface area contributed by atoms with Crippen LogP contribution in [0.25, 0.3) is 0 Å². The molecule has 0 aliphatic heterocycles. The summed E-state index contributed by atoms with van der Waals surface area (Å²) < 4.78 is 57.8. The first-order valence-corrected chi connectivity index (χ1v) is 7.09. The van der Waals surface area contributed by atoms with E-state index in [1.165, 1.54) is 0 Å². The molecule has 11 heteroatoms. The Kier molecular flexibility index (Phi) is 20.9. The van der Waals surface area contributed by atoms with Crippen LogP contribution in [0, 0.1) is 0 Å². The number of hydrogen-bond donors (Lipinski definition) is 2. The molecule has 0 aromatic carbocycles. The molecule has 0 heterocycles. The molecule has 0 spiro atoms. The summed E-state index contributed by atoms with van der Waals surface area (Å²) >= 11 is -9.63. The Labute approximate surface area is 69.5 Å². The average Bonchev–Trinajstić information content (AvgIpc) is 1.19. The number of hydrogen-bond acceptors (Lipinski definition) is 5. The average molecular weight is 342 g/mol. The van der Waals surface area contributed by atoms with Gasteiger partial charge in [-0.25, -0.2) is 0 Å². The Morgan fingerprint density at radius 3 is 0.909 bits per heavy atom. The van der Waals surface area contributed by atoms with Gasteiger partial charge in [0.2, 0.25) is 0 Å². The van der Waals surface area contributed by atoms with Gasteiger partial charge in [-0.2, -0.15) is 0 Å². The molecule has 0 rings (SSSR count). The van der Waals surface area contributed by atoms with Gasteiger partial charge in [0, 0.05) is 0 Å². The van der Waals surface area contributed by atoms with Crippen LogP contribution in [0.5, 0.6) is 0 Å². The fourth-order valence-corrected chi connectivity index (χ4v) is 0. The predicted octanol–water partition coefficient (Wildman–Crippen LogP) is -3.36. The normalized spacial score (nSPS) is 7.45. The van der Waals surface area contributed by atoms with Gasteiger partial charge in [-0.1, -0.05) is 0 Å². The van der Waals surface area contributed by atoms with Gasteiger partial charge < -0.3 is 11.0 Å². The SMILES string of the molecule is O.O.[O]=[Mo](=[O])([OH])[OH].[O]=[Mo](=[O])=[O]. The third-order valence-electron chi connectivity index (χ3n) is 0. The zero-order valence-corrected chi connectivity index (χ0v) is 8.77. The van der Waals surface area contributed by atoms with E-state index < -0.39 is 33.9 Å². The monoisotopic (exact) mass is 346 g/mol. The van der Waals surface area contributed by atoms with Crippen molar-refractivity contribution < 1.29 is 69.4 Å². The van der Waals surface area contributed by atoms with E-state index in [1.54, 1.807) is 0 Å². The second kappa shape index (κ2) is 10.2. The van der Waals surface area contributed by atoms with Gasteiger partial charge in [0.1, 0.15) is 0 Å². The van der Waals surface area contributed by atoms with E-state index in [9.17, 15) is 0 Å². The van der Waals surface area contributed by atoms with Crippen LogP contribution in [0.4, 0.5) is 0 Å². The van der Waals surface area contributed by atoms with Gasteiger partial charge in [0.15, 0.2) is 0 Å². The molecule has 0 aliphatic carbocycles. The van der Waals surface area contributed by atoms with Gasteiger partial charge >= 0.3 is 58.5 Å². The van der Waals surface area contributed by atoms with E-state index >= 15 is 0 Å². The quantitative estimate of drug-likeness (QED) is 0.430. The summed E-state index contributed by atoms with van der Waals surface area (Å²) in [6, 6.07) is 0. The molecule has 0 fully saturated rings. The summed E-state index contributed by atoms with van der Waals surface area (Å²) in [5.74, 6) is 0. The van der Waals surface area contributed by atoms with Crippen LogP contribution < -0.4 is 0 Å². The van der Waals surface area contributed by atoms with Gasteiger partial charge in [-0.05, 0) is 0 Å². The maximum absolute atomic E-state index is 8.85. The van der Waals surface area contributed by atoms with Gasteiger partial charge in [0.05, 0.1) is 0 Å². The third kappa shape index (κ3) is 14700. The zero-order valence-electron chi connectivity index (χ0n) is 4.75. The minimum atomic E-state index is -5.52. The van der Waals surface area contributed by atoms with Crippen LogP contribution in [0.1, 0.15) is 0 Å². The molecule has 0 aromatic heterocycles. The Morgan fingerprint density at radius 2 is 0.909 bits per heavy atom. The molecule has 0 saturated carbocycles. The zero-order chi connectivity index (χ0) is 8.08. The Bertz CT molecular complexity index is 220. The van der Waals surface area contributed by atoms with Crippen molar-refractivity contribution in [2.45, 2.75) is 0 Å². The van der Waals surface area contributed by atoms with E-state index in [1.807, 2.05) is 0 Å². The summed E-state index contributed by atoms with van der Waals surface area (Å²) in [5, 5.41) is 0. The Balaban J connectivity index is -0.0000000383. The fraction of sp³-hybridized carbons (Fsp3) is 0. The molecule has 0 aliphatic rings. The van der Waals surface area contributed by atoms with Crippen molar-refractivity contribution in [1.29, 1.82) is 0 Å². The van der Waals surface area contributed by atoms with Crippen LogP contribution in [0.15, 0.2) is 0 Å². The topological polar surface area (TPSA) is 189 Å². The van der Waals surface area contributed by atoms with Crippen molar-refractivity contribution in [2.75, 3.05) is 0 Å². The van der Waals surface area contributed by atoms with Gasteiger partial charge in [-0.3, -0.25) is 0 Å². The first-order valence-electron chi connectivity index (χ1n) is 1.20. The van der Waals surface area contributed by atoms with Crippen molar-refractivity contribution in [3.8, 4) is 0 Å². The van der Waals surface area contributed by atoms with Gasteiger partial charge in [-0.15, -0.1) is 0 Å². The Morgan fingerprint density at radius 1 is 0.909 bits per heavy atom. The van der Waals surface area contributed by atoms with Crippen LogP contribution in [-0.2, 0) is 50.9 Å². The fourth-order valence-electron chi connectivity index (χ4n) is 0. The summed E-state index contributed by atoms with van der Waals surface area (Å²) in [5.41, 5.74) is 0. The summed E-state index contributed by atoms with van der Waals surface area (Å²) in [4.78, 5) is 0. The van der Waals surface area contributed by atoms with Crippen LogP contribution >= 0.6 is 0 Å². The van der Waals surface area contributed by atoms with Crippen molar-refractivity contribution in [1.82, 2.24) is 0 Å². The van der Waals surface area contributed by atoms with E-state index in [2.05, 4.69) is 0 Å². The maximum atomic E-state index is 8.85. The molecule has 0 atom stereocenters. The molecule has 11 heavy (non-hydrogen) atoms. The molecule has 0 amide bonds. The molecule has 0 bridgehead atoms. The van der Waals surface area contributed by atoms with Crippen molar-refractivity contribution in [2.24, 2.45) is 0 Å². The van der Waals surface area contributed by atoms with Crippen LogP contribution in [0.2, 0.25) is 0 Å². The summed E-state index contributed by atoms with van der Waals surface area (Å²) in [6.07, 6.45) is 0. The van der Waals surface area contributed by atoms with E-state index in [-0.39, 0.29) is 11.0 Å². The van der Waals surface area contributed by atoms with Crippen molar-refractivity contribution >= 4 is 0 Å². The Hall–Kier alpha value is 0.217. The van der Waals surface area contributed by atoms with E-state index in [0.717, 1.165) is 0 Å². The van der Waals surface area contributed by atoms with E-state index in [4.69, 9.17) is 24.5 Å². The molecule has 0 aromatic rings. The predicted molar refractivity (Wildman–Crippen MR) is 15.1 cm³/mol. The number of rotatable bonds is 0. The van der Waals surface area contributed by atoms with Gasteiger partial charge in [0.25, 0.3) is 0 Å². The molecule has 0 saturated heterocycles. The molecule has 6 N–H and O–H groups in total. The molecular weight excluding hydrogens is 336 g/mol. The van der Waals surface area contributed by atoms with Crippen molar-refractivity contribution in [3.05, 3.63) is 0 Å². The molecule has 0 unspecified atom stereocenters. The standard InChI is InChI=1S/2Mo.4H2O.5O/h;;4*1H2;;;;;/q;+2;;;;;;;;;/p-2. The second-order valence-corrected chi connectivity index (χ2v) is 3.86. The summed E-state index contributed by atoms with van der Waals surface area (Å²) in [7, 11) is 0. The van der Waals surface area contributed by atoms with E-state index in [0.29, 0.717) is 0 Å².